The van der Waals surface area contributed by atoms with Crippen LogP contribution in [0.3, 0.4) is 0 Å². The van der Waals surface area contributed by atoms with Crippen LogP contribution in [0.2, 0.25) is 10.1 Å². The van der Waals surface area contributed by atoms with E-state index < -0.39 is 28.2 Å². The molecule has 0 heterocycles. The zero-order chi connectivity index (χ0) is 43.4. The molecule has 60 heavy (non-hydrogen) atoms. The molecule has 320 valence electrons. The molecule has 6 heteroatoms. The lowest BCUT2D eigenvalue weighted by Crippen LogP contribution is -2.69. The summed E-state index contributed by atoms with van der Waals surface area (Å²) in [5.41, 5.74) is 0.647. The molecule has 0 spiro atoms. The first-order chi connectivity index (χ1) is 28.6. The van der Waals surface area contributed by atoms with Gasteiger partial charge >= 0.3 is 5.97 Å². The molecule has 1 aliphatic carbocycles. The minimum absolute atomic E-state index is 0.0638. The molecule has 0 aromatic heterocycles. The first-order valence-corrected chi connectivity index (χ1v) is 26.2. The second-order valence-corrected chi connectivity index (χ2v) is 27.7. The van der Waals surface area contributed by atoms with Gasteiger partial charge in [0, 0.05) is 12.3 Å². The number of hydrogen-bond donors (Lipinski definition) is 1. The molecule has 1 N–H and O–H groups in total. The molecule has 0 amide bonds. The number of unbranched alkanes of at least 4 members (excludes halogenated alkanes) is 3. The Bertz CT molecular complexity index is 1920. The molecule has 4 atom stereocenters. The average Bonchev–Trinajstić information content (AvgIpc) is 3.52. The fraction of sp³-hybridized carbons (Fsp3) is 0.426. The molecule has 1 fully saturated rings. The highest BCUT2D eigenvalue weighted by molar-refractivity contribution is 7.00. The van der Waals surface area contributed by atoms with E-state index in [9.17, 15) is 9.90 Å². The second kappa shape index (κ2) is 20.7. The van der Waals surface area contributed by atoms with Crippen molar-refractivity contribution in [2.75, 3.05) is 0 Å². The quantitative estimate of drug-likeness (QED) is 0.0547. The summed E-state index contributed by atoms with van der Waals surface area (Å²) in [4.78, 5) is 11.3. The van der Waals surface area contributed by atoms with E-state index in [0.29, 0.717) is 6.42 Å². The van der Waals surface area contributed by atoms with Gasteiger partial charge < -0.3 is 14.0 Å². The third-order valence-electron chi connectivity index (χ3n) is 12.7. The molecule has 0 bridgehead atoms. The van der Waals surface area contributed by atoms with Crippen LogP contribution in [0.5, 0.6) is 0 Å². The predicted octanol–water partition coefficient (Wildman–Crippen LogP) is 11.8. The van der Waals surface area contributed by atoms with E-state index in [1.54, 1.807) is 0 Å². The third-order valence-corrected chi connectivity index (χ3v) is 22.9. The van der Waals surface area contributed by atoms with E-state index >= 15 is 0 Å². The van der Waals surface area contributed by atoms with E-state index in [4.69, 9.17) is 15.4 Å². The molecule has 5 rings (SSSR count). The monoisotopic (exact) mass is 840 g/mol. The van der Waals surface area contributed by atoms with Gasteiger partial charge in [-0.2, -0.15) is 0 Å². The fourth-order valence-electron chi connectivity index (χ4n) is 9.65. The Morgan fingerprint density at radius 2 is 1.17 bits per heavy atom. The Kier molecular flexibility index (Phi) is 16.2. The van der Waals surface area contributed by atoms with Gasteiger partial charge in [-0.05, 0) is 75.8 Å². The molecule has 0 radical (unpaired) electrons. The summed E-state index contributed by atoms with van der Waals surface area (Å²) in [6.07, 6.45) is 16.6. The average molecular weight is 841 g/mol. The molecule has 4 aromatic carbocycles. The van der Waals surface area contributed by atoms with Gasteiger partial charge in [0.2, 0.25) is 0 Å². The lowest BCUT2D eigenvalue weighted by molar-refractivity contribution is -0.137. The Morgan fingerprint density at radius 1 is 0.700 bits per heavy atom. The van der Waals surface area contributed by atoms with Crippen molar-refractivity contribution in [2.24, 2.45) is 11.8 Å². The van der Waals surface area contributed by atoms with Crippen molar-refractivity contribution in [3.63, 3.8) is 0 Å². The van der Waals surface area contributed by atoms with Crippen LogP contribution in [0.4, 0.5) is 0 Å². The van der Waals surface area contributed by atoms with Crippen LogP contribution in [0, 0.1) is 11.8 Å². The molecule has 0 aliphatic heterocycles. The Morgan fingerprint density at radius 3 is 1.60 bits per heavy atom. The predicted molar refractivity (Wildman–Crippen MR) is 259 cm³/mol. The largest absolute Gasteiger partial charge is 0.481 e. The number of carboxylic acids is 1. The lowest BCUT2D eigenvalue weighted by Gasteiger charge is -2.48. The summed E-state index contributed by atoms with van der Waals surface area (Å²) in [5.74, 6) is -0.536. The molecule has 1 unspecified atom stereocenters. The van der Waals surface area contributed by atoms with Crippen molar-refractivity contribution >= 4 is 43.4 Å². The molecular weight excluding hydrogens is 769 g/mol. The van der Waals surface area contributed by atoms with Gasteiger partial charge in [-0.1, -0.05) is 226 Å². The number of hydrogen-bond acceptors (Lipinski definition) is 3. The first kappa shape index (κ1) is 47.0. The summed E-state index contributed by atoms with van der Waals surface area (Å²) in [6.45, 7) is 23.5. The number of allylic oxidation sites excluding steroid dienone is 3. The maximum absolute atomic E-state index is 11.3. The van der Waals surface area contributed by atoms with Gasteiger partial charge in [-0.3, -0.25) is 4.79 Å². The highest BCUT2D eigenvalue weighted by Gasteiger charge is 2.55. The summed E-state index contributed by atoms with van der Waals surface area (Å²) in [7, 11) is -5.76. The van der Waals surface area contributed by atoms with Crippen LogP contribution in [0.1, 0.15) is 113 Å². The van der Waals surface area contributed by atoms with Gasteiger partial charge in [0.15, 0.2) is 0 Å². The first-order valence-electron chi connectivity index (χ1n) is 22.4. The number of rotatable bonds is 20. The Balaban J connectivity index is 1.61. The van der Waals surface area contributed by atoms with Crippen LogP contribution in [0.25, 0.3) is 0 Å². The van der Waals surface area contributed by atoms with Gasteiger partial charge in [0.25, 0.3) is 16.6 Å². The van der Waals surface area contributed by atoms with Gasteiger partial charge in [0.1, 0.15) is 0 Å². The summed E-state index contributed by atoms with van der Waals surface area (Å²) in [5, 5.41) is 14.1. The summed E-state index contributed by atoms with van der Waals surface area (Å²) >= 11 is 0. The van der Waals surface area contributed by atoms with Crippen molar-refractivity contribution in [3.05, 3.63) is 158 Å². The highest BCUT2D eigenvalue weighted by Crippen LogP contribution is 2.47. The number of carboxylic acid groups (broad SMARTS) is 1. The zero-order valence-corrected chi connectivity index (χ0v) is 39.8. The van der Waals surface area contributed by atoms with Crippen molar-refractivity contribution < 1.29 is 18.8 Å². The SMILES string of the molecule is C=C1C[C@H](O[Si](c2ccccc2)(c2ccccc2)C(C)(C)C)[C@H](C/C=C\CCCC(=O)O)[C@H]1/C=C/C(C)(CCCCC)O[Si](c1ccccc1)(c1ccccc1)C(C)(C)C. The number of benzene rings is 4. The van der Waals surface area contributed by atoms with Gasteiger partial charge in [-0.25, -0.2) is 0 Å². The fourth-order valence-corrected chi connectivity index (χ4v) is 19.2. The normalized spacial score (nSPS) is 18.9. The van der Waals surface area contributed by atoms with Crippen LogP contribution >= 0.6 is 0 Å². The van der Waals surface area contributed by atoms with Crippen molar-refractivity contribution in [1.29, 1.82) is 0 Å². The van der Waals surface area contributed by atoms with Gasteiger partial charge in [0.05, 0.1) is 11.7 Å². The number of carbonyl (C=O) groups is 1. The Labute approximate surface area is 365 Å². The van der Waals surface area contributed by atoms with E-state index in [2.05, 4.69) is 201 Å². The van der Waals surface area contributed by atoms with Crippen molar-refractivity contribution in [1.82, 2.24) is 0 Å². The molecule has 1 saturated carbocycles. The lowest BCUT2D eigenvalue weighted by atomic mass is 9.87. The molecule has 4 nitrogen and oxygen atoms in total. The van der Waals surface area contributed by atoms with E-state index in [1.807, 2.05) is 0 Å². The van der Waals surface area contributed by atoms with E-state index in [-0.39, 0.29) is 34.4 Å². The highest BCUT2D eigenvalue weighted by atomic mass is 28.4. The van der Waals surface area contributed by atoms with Gasteiger partial charge in [-0.15, -0.1) is 0 Å². The third kappa shape index (κ3) is 10.9. The summed E-state index contributed by atoms with van der Waals surface area (Å²) < 4.78 is 15.9. The van der Waals surface area contributed by atoms with Crippen molar-refractivity contribution in [2.45, 2.75) is 135 Å². The Hall–Kier alpha value is -4.08. The van der Waals surface area contributed by atoms with Crippen LogP contribution in [-0.2, 0) is 13.6 Å². The van der Waals surface area contributed by atoms with Crippen molar-refractivity contribution in [3.8, 4) is 0 Å². The minimum Gasteiger partial charge on any atom is -0.481 e. The maximum Gasteiger partial charge on any atom is 0.303 e. The molecule has 1 aliphatic rings. The zero-order valence-electron chi connectivity index (χ0n) is 37.8. The topological polar surface area (TPSA) is 55.8 Å². The van der Waals surface area contributed by atoms with E-state index in [0.717, 1.165) is 44.9 Å². The number of aliphatic carboxylic acids is 1. The smallest absolute Gasteiger partial charge is 0.303 e. The minimum atomic E-state index is -2.88. The maximum atomic E-state index is 11.3. The standard InChI is InChI=1S/C54H72O4Si2/c1-10-11-28-40-54(9,58-60(53(6,7)8,46-33-22-16-23-34-46)47-35-24-17-25-36-47)41-39-48-43(2)42-50(49(48)37-26-12-13-27-38-51(55)56)57-59(52(3,4)5,44-29-18-14-19-30-44)45-31-20-15-21-32-45/h12,14-26,29-36,39,41,48-50H,2,10-11,13,27-28,37-38,40,42H2,1,3-9H3,(H,55,56)/b26-12-,41-39+/t48-,49+,50-,54?/m0/s1. The molecular formula is C54H72O4Si2. The molecule has 4 aromatic rings. The van der Waals surface area contributed by atoms with Crippen LogP contribution in [-0.4, -0.2) is 39.4 Å². The van der Waals surface area contributed by atoms with E-state index in [1.165, 1.54) is 26.3 Å². The van der Waals surface area contributed by atoms with Crippen LogP contribution < -0.4 is 20.7 Å². The van der Waals surface area contributed by atoms with Crippen LogP contribution in [0.15, 0.2) is 158 Å². The summed E-state index contributed by atoms with van der Waals surface area (Å²) in [6, 6.07) is 43.9. The molecule has 0 saturated heterocycles. The second-order valence-electron chi connectivity index (χ2n) is 19.3.